The minimum absolute atomic E-state index is 0.138. The topological polar surface area (TPSA) is 37.3 Å². The van der Waals surface area contributed by atoms with Crippen molar-refractivity contribution in [2.24, 2.45) is 40.4 Å². The van der Waals surface area contributed by atoms with Gasteiger partial charge in [-0.25, -0.2) is 0 Å². The first kappa shape index (κ1) is 25.7. The highest BCUT2D eigenvalue weighted by molar-refractivity contribution is 9.09. The third-order valence-corrected chi connectivity index (χ3v) is 11.6. The molecule has 31 heavy (non-hydrogen) atoms. The fourth-order valence-corrected chi connectivity index (χ4v) is 8.92. The predicted molar refractivity (Wildman–Crippen MR) is 134 cm³/mol. The molecule has 0 amide bonds. The Hall–Kier alpha value is 0.110. The molecule has 8 atom stereocenters. The molecule has 0 aromatic carbocycles. The van der Waals surface area contributed by atoms with Crippen LogP contribution in [0.4, 0.5) is 0 Å². The van der Waals surface area contributed by atoms with Crippen LogP contribution in [0.3, 0.4) is 0 Å². The van der Waals surface area contributed by atoms with E-state index in [1.165, 1.54) is 44.9 Å². The van der Waals surface area contributed by atoms with Crippen molar-refractivity contribution in [3.8, 4) is 0 Å². The zero-order valence-electron chi connectivity index (χ0n) is 21.2. The van der Waals surface area contributed by atoms with Gasteiger partial charge in [0.05, 0.1) is 5.60 Å². The number of carbonyl (C=O) groups excluding carboxylic acids is 1. The van der Waals surface area contributed by atoms with Gasteiger partial charge < -0.3 is 5.11 Å². The van der Waals surface area contributed by atoms with Gasteiger partial charge in [0, 0.05) is 17.7 Å². The Morgan fingerprint density at radius 3 is 2.52 bits per heavy atom. The minimum Gasteiger partial charge on any atom is -0.390 e. The van der Waals surface area contributed by atoms with Gasteiger partial charge in [0.15, 0.2) is 0 Å². The minimum atomic E-state index is -0.550. The Kier molecular flexibility index (Phi) is 8.11. The maximum absolute atomic E-state index is 12.2. The number of halogens is 1. The van der Waals surface area contributed by atoms with Gasteiger partial charge in [-0.1, -0.05) is 50.0 Å². The molecule has 1 N–H and O–H groups in total. The third kappa shape index (κ3) is 5.61. The van der Waals surface area contributed by atoms with Crippen molar-refractivity contribution in [1.29, 1.82) is 0 Å². The van der Waals surface area contributed by atoms with E-state index in [0.717, 1.165) is 55.8 Å². The van der Waals surface area contributed by atoms with Crippen molar-refractivity contribution in [2.75, 3.05) is 0 Å². The number of alkyl halides is 1. The summed E-state index contributed by atoms with van der Waals surface area (Å²) in [6.07, 6.45) is 13.9. The second kappa shape index (κ2) is 9.77. The number of rotatable bonds is 8. The first-order valence-electron chi connectivity index (χ1n) is 13.3. The number of hydrogen-bond donors (Lipinski definition) is 1. The van der Waals surface area contributed by atoms with E-state index in [1.54, 1.807) is 0 Å². The molecule has 3 fully saturated rings. The average Bonchev–Trinajstić information content (AvgIpc) is 3.03. The Balaban J connectivity index is 1.74. The SMILES string of the molecule is CCC1CC[C@@]2(C)C(CC[C@@H]2C(C)CCC(C)(C)O)C1CC(Br)C1(C)CCCC(=O)C1. The van der Waals surface area contributed by atoms with E-state index >= 15 is 0 Å². The fourth-order valence-electron chi connectivity index (χ4n) is 8.09. The van der Waals surface area contributed by atoms with Gasteiger partial charge in [-0.05, 0) is 112 Å². The Bertz CT molecular complexity index is 625. The van der Waals surface area contributed by atoms with Crippen molar-refractivity contribution < 1.29 is 9.90 Å². The second-order valence-corrected chi connectivity index (χ2v) is 14.0. The van der Waals surface area contributed by atoms with E-state index < -0.39 is 5.60 Å². The van der Waals surface area contributed by atoms with E-state index in [-0.39, 0.29) is 5.41 Å². The number of hydrogen-bond acceptors (Lipinski definition) is 2. The van der Waals surface area contributed by atoms with Crippen molar-refractivity contribution in [3.63, 3.8) is 0 Å². The Morgan fingerprint density at radius 2 is 1.90 bits per heavy atom. The first-order chi connectivity index (χ1) is 14.4. The predicted octanol–water partition coefficient (Wildman–Crippen LogP) is 7.95. The zero-order valence-corrected chi connectivity index (χ0v) is 22.8. The highest BCUT2D eigenvalue weighted by atomic mass is 79.9. The first-order valence-corrected chi connectivity index (χ1v) is 14.2. The average molecular weight is 498 g/mol. The molecule has 0 aromatic rings. The van der Waals surface area contributed by atoms with Crippen molar-refractivity contribution in [1.82, 2.24) is 0 Å². The molecule has 0 bridgehead atoms. The summed E-state index contributed by atoms with van der Waals surface area (Å²) in [6, 6.07) is 0. The van der Waals surface area contributed by atoms with Gasteiger partial charge in [0.1, 0.15) is 5.78 Å². The summed E-state index contributed by atoms with van der Waals surface area (Å²) < 4.78 is 0. The smallest absolute Gasteiger partial charge is 0.133 e. The Morgan fingerprint density at radius 1 is 1.19 bits per heavy atom. The van der Waals surface area contributed by atoms with Crippen molar-refractivity contribution in [2.45, 2.75) is 129 Å². The lowest BCUT2D eigenvalue weighted by molar-refractivity contribution is -0.123. The van der Waals surface area contributed by atoms with Crippen LogP contribution in [0.1, 0.15) is 119 Å². The van der Waals surface area contributed by atoms with E-state index in [0.29, 0.717) is 21.9 Å². The summed E-state index contributed by atoms with van der Waals surface area (Å²) in [5.41, 5.74) is 0.0382. The van der Waals surface area contributed by atoms with Crippen LogP contribution < -0.4 is 0 Å². The van der Waals surface area contributed by atoms with Crippen LogP contribution in [0.2, 0.25) is 0 Å². The fraction of sp³-hybridized carbons (Fsp3) is 0.964. The molecule has 0 heterocycles. The molecule has 0 spiro atoms. The standard InChI is InChI=1S/C28H49BrO2/c1-7-20-13-16-28(6)23(19(2)12-15-26(3,4)31)10-11-24(28)22(20)17-25(29)27(5)14-8-9-21(30)18-27/h19-20,22-25,31H,7-18H2,1-6H3/t19?,20?,22?,23-,24?,25?,27?,28-/m1/s1. The molecule has 0 radical (unpaired) electrons. The zero-order chi connectivity index (χ0) is 23.0. The highest BCUT2D eigenvalue weighted by Gasteiger charge is 2.55. The molecule has 0 saturated heterocycles. The van der Waals surface area contributed by atoms with Gasteiger partial charge in [-0.15, -0.1) is 0 Å². The van der Waals surface area contributed by atoms with Crippen molar-refractivity contribution >= 4 is 21.7 Å². The van der Waals surface area contributed by atoms with Gasteiger partial charge in [-0.2, -0.15) is 0 Å². The number of fused-ring (bicyclic) bond motifs is 1. The summed E-state index contributed by atoms with van der Waals surface area (Å²) in [5.74, 6) is 4.40. The van der Waals surface area contributed by atoms with Gasteiger partial charge in [0.25, 0.3) is 0 Å². The normalized spacial score (nSPS) is 41.1. The van der Waals surface area contributed by atoms with E-state index in [1.807, 2.05) is 13.8 Å². The van der Waals surface area contributed by atoms with E-state index in [9.17, 15) is 9.90 Å². The summed E-state index contributed by atoms with van der Waals surface area (Å²) >= 11 is 4.14. The van der Waals surface area contributed by atoms with Gasteiger partial charge in [0.2, 0.25) is 0 Å². The van der Waals surface area contributed by atoms with E-state index in [2.05, 4.69) is 43.6 Å². The summed E-state index contributed by atoms with van der Waals surface area (Å²) in [4.78, 5) is 12.7. The molecular formula is C28H49BrO2. The molecule has 6 unspecified atom stereocenters. The molecule has 3 rings (SSSR count). The molecule has 180 valence electrons. The quantitative estimate of drug-likeness (QED) is 0.346. The molecule has 3 heteroatoms. The number of carbonyl (C=O) groups is 1. The van der Waals surface area contributed by atoms with Crippen LogP contribution in [-0.4, -0.2) is 21.3 Å². The van der Waals surface area contributed by atoms with Crippen LogP contribution in [0.5, 0.6) is 0 Å². The highest BCUT2D eigenvalue weighted by Crippen LogP contribution is 2.63. The largest absolute Gasteiger partial charge is 0.390 e. The molecule has 2 nitrogen and oxygen atoms in total. The number of Topliss-reactive ketones (excluding diaryl/α,β-unsaturated/α-hetero) is 1. The van der Waals surface area contributed by atoms with Crippen LogP contribution in [-0.2, 0) is 4.79 Å². The lowest BCUT2D eigenvalue weighted by atomic mass is 9.54. The van der Waals surface area contributed by atoms with E-state index in [4.69, 9.17) is 0 Å². The molecule has 0 aromatic heterocycles. The molecule has 0 aliphatic heterocycles. The molecular weight excluding hydrogens is 448 g/mol. The van der Waals surface area contributed by atoms with Crippen molar-refractivity contribution in [3.05, 3.63) is 0 Å². The lowest BCUT2D eigenvalue weighted by Crippen LogP contribution is -2.45. The van der Waals surface area contributed by atoms with Crippen LogP contribution in [0, 0.1) is 40.4 Å². The van der Waals surface area contributed by atoms with Crippen LogP contribution in [0.15, 0.2) is 0 Å². The molecule has 3 aliphatic rings. The van der Waals surface area contributed by atoms with Gasteiger partial charge in [-0.3, -0.25) is 4.79 Å². The molecule has 3 aliphatic carbocycles. The molecule has 3 saturated carbocycles. The van der Waals surface area contributed by atoms with Crippen LogP contribution >= 0.6 is 15.9 Å². The maximum atomic E-state index is 12.2. The monoisotopic (exact) mass is 496 g/mol. The number of aliphatic hydroxyl groups is 1. The Labute approximate surface area is 200 Å². The summed E-state index contributed by atoms with van der Waals surface area (Å²) in [7, 11) is 0. The number of ketones is 1. The summed E-state index contributed by atoms with van der Waals surface area (Å²) in [5, 5.41) is 10.3. The lowest BCUT2D eigenvalue weighted by Gasteiger charge is -2.51. The van der Waals surface area contributed by atoms with Gasteiger partial charge >= 0.3 is 0 Å². The maximum Gasteiger partial charge on any atom is 0.133 e. The third-order valence-electron chi connectivity index (χ3n) is 10.1. The second-order valence-electron chi connectivity index (χ2n) is 12.9. The van der Waals surface area contributed by atoms with Crippen LogP contribution in [0.25, 0.3) is 0 Å². The summed E-state index contributed by atoms with van der Waals surface area (Å²) in [6.45, 7) is 13.7.